The van der Waals surface area contributed by atoms with Crippen LogP contribution >= 0.6 is 23.2 Å². The van der Waals surface area contributed by atoms with Crippen molar-refractivity contribution in [1.82, 2.24) is 14.5 Å². The minimum absolute atomic E-state index is 0.318. The van der Waals surface area contributed by atoms with Gasteiger partial charge >= 0.3 is 0 Å². The average molecular weight is 469 g/mol. The molecular formula is C23H18Cl2N4O3. The lowest BCUT2D eigenvalue weighted by molar-refractivity contribution is -0.112. The van der Waals surface area contributed by atoms with Crippen LogP contribution < -0.4 is 10.1 Å². The summed E-state index contributed by atoms with van der Waals surface area (Å²) in [6.07, 6.45) is 3.01. The van der Waals surface area contributed by atoms with Gasteiger partial charge in [-0.2, -0.15) is 0 Å². The van der Waals surface area contributed by atoms with E-state index in [9.17, 15) is 9.59 Å². The number of carbonyl (C=O) groups is 2. The zero-order valence-corrected chi connectivity index (χ0v) is 18.7. The number of ketones is 1. The number of ether oxygens (including phenoxy) is 1. The number of Topliss-reactive ketones (excluding diaryl/α,β-unsaturated/α-hetero) is 1. The van der Waals surface area contributed by atoms with Crippen LogP contribution in [0.5, 0.6) is 5.88 Å². The third-order valence-corrected chi connectivity index (χ3v) is 5.59. The van der Waals surface area contributed by atoms with E-state index in [1.807, 2.05) is 28.8 Å². The number of benzene rings is 1. The van der Waals surface area contributed by atoms with E-state index in [-0.39, 0.29) is 0 Å². The molecule has 0 aliphatic heterocycles. The number of nitrogens with one attached hydrogen (secondary N) is 1. The summed E-state index contributed by atoms with van der Waals surface area (Å²) in [5.41, 5.74) is 2.76. The van der Waals surface area contributed by atoms with Crippen LogP contribution in [0.4, 0.5) is 5.69 Å². The number of fused-ring (bicyclic) bond motifs is 1. The third kappa shape index (κ3) is 4.17. The van der Waals surface area contributed by atoms with Gasteiger partial charge in [0.1, 0.15) is 0 Å². The molecule has 1 N–H and O–H groups in total. The predicted molar refractivity (Wildman–Crippen MR) is 124 cm³/mol. The van der Waals surface area contributed by atoms with E-state index in [0.717, 1.165) is 5.52 Å². The van der Waals surface area contributed by atoms with Crippen molar-refractivity contribution >= 4 is 51.5 Å². The second kappa shape index (κ2) is 8.98. The highest BCUT2D eigenvalue weighted by Crippen LogP contribution is 2.29. The molecule has 3 heterocycles. The molecule has 3 aromatic heterocycles. The maximum Gasteiger partial charge on any atom is 0.296 e. The Labute approximate surface area is 194 Å². The number of rotatable bonds is 6. The summed E-state index contributed by atoms with van der Waals surface area (Å²) >= 11 is 12.3. The third-order valence-electron chi connectivity index (χ3n) is 5.06. The standard InChI is InChI=1S/C23H18Cl2N4O3/c1-13-21(22(30)23(31)28-15-7-8-26-20(10-15)32-2)16-5-3-4-6-19(16)29(13)12-18-17(25)9-14(24)11-27-18/h3-11H,12H2,1-2H3,(H,26,28,31). The van der Waals surface area contributed by atoms with E-state index in [1.165, 1.54) is 25.6 Å². The molecule has 4 aromatic rings. The molecule has 9 heteroatoms. The van der Waals surface area contributed by atoms with E-state index in [1.54, 1.807) is 19.1 Å². The average Bonchev–Trinajstić information content (AvgIpc) is 3.06. The molecule has 0 unspecified atom stereocenters. The van der Waals surface area contributed by atoms with Gasteiger partial charge in [-0.3, -0.25) is 14.6 Å². The van der Waals surface area contributed by atoms with Crippen molar-refractivity contribution in [2.24, 2.45) is 0 Å². The predicted octanol–water partition coefficient (Wildman–Crippen LogP) is 4.92. The summed E-state index contributed by atoms with van der Waals surface area (Å²) in [4.78, 5) is 34.3. The molecule has 0 aliphatic rings. The fourth-order valence-corrected chi connectivity index (χ4v) is 3.97. The molecule has 32 heavy (non-hydrogen) atoms. The molecule has 4 rings (SSSR count). The first kappa shape index (κ1) is 21.8. The van der Waals surface area contributed by atoms with Crippen LogP contribution in [0, 0.1) is 6.92 Å². The first-order valence-corrected chi connectivity index (χ1v) is 10.4. The van der Waals surface area contributed by atoms with E-state index in [0.29, 0.717) is 50.5 Å². The summed E-state index contributed by atoms with van der Waals surface area (Å²) in [6.45, 7) is 2.11. The number of amides is 1. The van der Waals surface area contributed by atoms with Crippen molar-refractivity contribution in [2.45, 2.75) is 13.5 Å². The van der Waals surface area contributed by atoms with Gasteiger partial charge < -0.3 is 14.6 Å². The molecule has 162 valence electrons. The molecule has 0 saturated carbocycles. The maximum atomic E-state index is 13.2. The number of carbonyl (C=O) groups excluding carboxylic acids is 2. The van der Waals surface area contributed by atoms with Crippen molar-refractivity contribution in [3.8, 4) is 5.88 Å². The van der Waals surface area contributed by atoms with Gasteiger partial charge in [0.2, 0.25) is 5.88 Å². The number of aromatic nitrogens is 3. The van der Waals surface area contributed by atoms with Crippen molar-refractivity contribution in [2.75, 3.05) is 12.4 Å². The quantitative estimate of drug-likeness (QED) is 0.320. The Kier molecular flexibility index (Phi) is 6.12. The first-order valence-electron chi connectivity index (χ1n) is 9.62. The maximum absolute atomic E-state index is 13.2. The van der Waals surface area contributed by atoms with E-state index in [4.69, 9.17) is 27.9 Å². The number of halogens is 2. The smallest absolute Gasteiger partial charge is 0.296 e. The second-order valence-corrected chi connectivity index (χ2v) is 7.86. The monoisotopic (exact) mass is 468 g/mol. The Morgan fingerprint density at radius 1 is 1.12 bits per heavy atom. The van der Waals surface area contributed by atoms with Crippen molar-refractivity contribution < 1.29 is 14.3 Å². The number of nitrogens with zero attached hydrogens (tertiary/aromatic N) is 3. The fraction of sp³-hybridized carbons (Fsp3) is 0.130. The molecule has 0 atom stereocenters. The second-order valence-electron chi connectivity index (χ2n) is 7.02. The number of pyridine rings is 2. The summed E-state index contributed by atoms with van der Waals surface area (Å²) in [5.74, 6) is -1.08. The highest BCUT2D eigenvalue weighted by molar-refractivity contribution is 6.48. The number of methoxy groups -OCH3 is 1. The van der Waals surface area contributed by atoms with Crippen molar-refractivity contribution in [3.05, 3.63) is 81.9 Å². The minimum atomic E-state index is -0.757. The molecule has 1 amide bonds. The number of hydrogen-bond donors (Lipinski definition) is 1. The molecule has 0 spiro atoms. The first-order chi connectivity index (χ1) is 15.4. The van der Waals surface area contributed by atoms with Crippen LogP contribution in [0.15, 0.2) is 54.9 Å². The molecule has 0 radical (unpaired) electrons. The molecule has 0 bridgehead atoms. The Balaban J connectivity index is 1.71. The highest BCUT2D eigenvalue weighted by atomic mass is 35.5. The normalized spacial score (nSPS) is 10.9. The van der Waals surface area contributed by atoms with Crippen LogP contribution in [-0.4, -0.2) is 33.3 Å². The topological polar surface area (TPSA) is 86.1 Å². The number of anilines is 1. The zero-order valence-electron chi connectivity index (χ0n) is 17.2. The van der Waals surface area contributed by atoms with Crippen LogP contribution in [-0.2, 0) is 11.3 Å². The van der Waals surface area contributed by atoms with Gasteiger partial charge in [0, 0.05) is 40.7 Å². The van der Waals surface area contributed by atoms with Gasteiger partial charge in [-0.1, -0.05) is 41.4 Å². The number of para-hydroxylation sites is 1. The zero-order chi connectivity index (χ0) is 22.8. The molecule has 7 nitrogen and oxygen atoms in total. The summed E-state index contributed by atoms with van der Waals surface area (Å²) < 4.78 is 6.97. The summed E-state index contributed by atoms with van der Waals surface area (Å²) in [7, 11) is 1.47. The van der Waals surface area contributed by atoms with Crippen LogP contribution in [0.25, 0.3) is 10.9 Å². The van der Waals surface area contributed by atoms with Crippen LogP contribution in [0.2, 0.25) is 10.0 Å². The van der Waals surface area contributed by atoms with Crippen LogP contribution in [0.3, 0.4) is 0 Å². The van der Waals surface area contributed by atoms with E-state index in [2.05, 4.69) is 15.3 Å². The molecule has 0 fully saturated rings. The Bertz CT molecular complexity index is 1350. The largest absolute Gasteiger partial charge is 0.481 e. The molecule has 1 aromatic carbocycles. The minimum Gasteiger partial charge on any atom is -0.481 e. The SMILES string of the molecule is COc1cc(NC(=O)C(=O)c2c(C)n(Cc3ncc(Cl)cc3Cl)c3ccccc23)ccn1. The lowest BCUT2D eigenvalue weighted by atomic mass is 10.1. The van der Waals surface area contributed by atoms with Crippen molar-refractivity contribution in [3.63, 3.8) is 0 Å². The van der Waals surface area contributed by atoms with Gasteiger partial charge in [0.25, 0.3) is 11.7 Å². The fourth-order valence-electron chi connectivity index (χ4n) is 3.53. The van der Waals surface area contributed by atoms with Crippen molar-refractivity contribution in [1.29, 1.82) is 0 Å². The van der Waals surface area contributed by atoms with Gasteiger partial charge in [-0.15, -0.1) is 0 Å². The lowest BCUT2D eigenvalue weighted by Crippen LogP contribution is -2.23. The Morgan fingerprint density at radius 2 is 1.91 bits per heavy atom. The van der Waals surface area contributed by atoms with Gasteiger partial charge in [-0.25, -0.2) is 4.98 Å². The molecule has 0 aliphatic carbocycles. The summed E-state index contributed by atoms with van der Waals surface area (Å²) in [5, 5.41) is 4.15. The molecular weight excluding hydrogens is 451 g/mol. The van der Waals surface area contributed by atoms with Gasteiger partial charge in [0.05, 0.1) is 35.0 Å². The van der Waals surface area contributed by atoms with Gasteiger partial charge in [-0.05, 0) is 25.1 Å². The Morgan fingerprint density at radius 3 is 2.66 bits per heavy atom. The van der Waals surface area contributed by atoms with Gasteiger partial charge in [0.15, 0.2) is 0 Å². The lowest BCUT2D eigenvalue weighted by Gasteiger charge is -2.10. The van der Waals surface area contributed by atoms with E-state index < -0.39 is 11.7 Å². The number of hydrogen-bond acceptors (Lipinski definition) is 5. The summed E-state index contributed by atoms with van der Waals surface area (Å²) in [6, 6.07) is 12.1. The van der Waals surface area contributed by atoms with E-state index >= 15 is 0 Å². The molecule has 0 saturated heterocycles. The highest BCUT2D eigenvalue weighted by Gasteiger charge is 2.25. The van der Waals surface area contributed by atoms with Crippen LogP contribution in [0.1, 0.15) is 21.7 Å². The Hall–Kier alpha value is -3.42.